The van der Waals surface area contributed by atoms with E-state index in [1.165, 1.54) is 12.8 Å². The normalized spacial score (nSPS) is 20.2. The van der Waals surface area contributed by atoms with Crippen molar-refractivity contribution in [3.63, 3.8) is 0 Å². The van der Waals surface area contributed by atoms with E-state index in [4.69, 9.17) is 0 Å². The first kappa shape index (κ1) is 13.5. The van der Waals surface area contributed by atoms with Crippen LogP contribution >= 0.6 is 12.4 Å². The van der Waals surface area contributed by atoms with Gasteiger partial charge in [0.15, 0.2) is 0 Å². The molecule has 1 aliphatic heterocycles. The fraction of sp³-hybridized carbons (Fsp3) is 0.538. The molecule has 16 heavy (non-hydrogen) atoms. The summed E-state index contributed by atoms with van der Waals surface area (Å²) >= 11 is 0. The van der Waals surface area contributed by atoms with Crippen LogP contribution in [-0.4, -0.2) is 13.1 Å². The van der Waals surface area contributed by atoms with Gasteiger partial charge in [-0.25, -0.2) is 4.39 Å². The van der Waals surface area contributed by atoms with Gasteiger partial charge in [-0.1, -0.05) is 18.2 Å². The third-order valence-corrected chi connectivity index (χ3v) is 3.18. The van der Waals surface area contributed by atoms with Gasteiger partial charge in [0.25, 0.3) is 0 Å². The molecule has 2 rings (SSSR count). The van der Waals surface area contributed by atoms with Crippen molar-refractivity contribution in [3.05, 3.63) is 35.6 Å². The van der Waals surface area contributed by atoms with Crippen molar-refractivity contribution in [2.45, 2.75) is 25.7 Å². The minimum absolute atomic E-state index is 0. The molecule has 0 saturated carbocycles. The van der Waals surface area contributed by atoms with E-state index in [9.17, 15) is 4.39 Å². The summed E-state index contributed by atoms with van der Waals surface area (Å²) in [6.45, 7) is 2.25. The number of aryl methyl sites for hydroxylation is 1. The average Bonchev–Trinajstić information content (AvgIpc) is 2.29. The predicted molar refractivity (Wildman–Crippen MR) is 67.6 cm³/mol. The third kappa shape index (κ3) is 3.76. The van der Waals surface area contributed by atoms with Gasteiger partial charge in [0, 0.05) is 0 Å². The monoisotopic (exact) mass is 243 g/mol. The van der Waals surface area contributed by atoms with Crippen molar-refractivity contribution >= 4 is 12.4 Å². The second-order valence-electron chi connectivity index (χ2n) is 4.34. The topological polar surface area (TPSA) is 12.0 Å². The molecule has 0 aromatic heterocycles. The first-order chi connectivity index (χ1) is 7.36. The minimum Gasteiger partial charge on any atom is -0.316 e. The van der Waals surface area contributed by atoms with Crippen LogP contribution in [0.15, 0.2) is 24.3 Å². The summed E-state index contributed by atoms with van der Waals surface area (Å²) in [7, 11) is 0. The van der Waals surface area contributed by atoms with Gasteiger partial charge in [-0.15, -0.1) is 12.4 Å². The van der Waals surface area contributed by atoms with Gasteiger partial charge in [-0.3, -0.25) is 0 Å². The molecule has 90 valence electrons. The Balaban J connectivity index is 0.00000128. The number of hydrogen-bond acceptors (Lipinski definition) is 1. The average molecular weight is 244 g/mol. The highest BCUT2D eigenvalue weighted by Gasteiger charge is 2.13. The van der Waals surface area contributed by atoms with Crippen molar-refractivity contribution < 1.29 is 4.39 Å². The Bertz CT molecular complexity index is 311. The summed E-state index contributed by atoms with van der Waals surface area (Å²) in [4.78, 5) is 0. The van der Waals surface area contributed by atoms with E-state index in [0.29, 0.717) is 0 Å². The van der Waals surface area contributed by atoms with Gasteiger partial charge in [0.05, 0.1) is 0 Å². The van der Waals surface area contributed by atoms with Crippen molar-refractivity contribution in [2.24, 2.45) is 5.92 Å². The fourth-order valence-electron chi connectivity index (χ4n) is 2.23. The highest BCUT2D eigenvalue weighted by Crippen LogP contribution is 2.18. The zero-order valence-corrected chi connectivity index (χ0v) is 10.2. The summed E-state index contributed by atoms with van der Waals surface area (Å²) in [5, 5.41) is 3.39. The Kier molecular flexibility index (Phi) is 5.78. The lowest BCUT2D eigenvalue weighted by molar-refractivity contribution is 0.356. The molecular formula is C13H19ClFN. The van der Waals surface area contributed by atoms with E-state index in [1.54, 1.807) is 12.1 Å². The summed E-state index contributed by atoms with van der Waals surface area (Å²) in [5.74, 6) is 0.680. The zero-order chi connectivity index (χ0) is 10.5. The Morgan fingerprint density at radius 3 is 2.81 bits per heavy atom. The Hall–Kier alpha value is -0.600. The molecule has 1 unspecified atom stereocenters. The van der Waals surface area contributed by atoms with Crippen LogP contribution in [-0.2, 0) is 6.42 Å². The van der Waals surface area contributed by atoms with E-state index in [2.05, 4.69) is 5.32 Å². The summed E-state index contributed by atoms with van der Waals surface area (Å²) < 4.78 is 13.3. The van der Waals surface area contributed by atoms with E-state index in [-0.39, 0.29) is 18.2 Å². The van der Waals surface area contributed by atoms with Crippen LogP contribution in [0.4, 0.5) is 4.39 Å². The number of benzene rings is 1. The number of hydrogen-bond donors (Lipinski definition) is 1. The Labute approximate surface area is 103 Å². The standard InChI is InChI=1S/C13H18FN.ClH/c14-13-6-2-1-5-12(13)8-7-11-4-3-9-15-10-11;/h1-2,5-6,11,15H,3-4,7-10H2;1H. The molecule has 0 radical (unpaired) electrons. The van der Waals surface area contributed by atoms with Crippen LogP contribution in [0.25, 0.3) is 0 Å². The number of halogens is 2. The molecule has 0 amide bonds. The first-order valence-electron chi connectivity index (χ1n) is 5.80. The third-order valence-electron chi connectivity index (χ3n) is 3.18. The molecule has 1 saturated heterocycles. The summed E-state index contributed by atoms with van der Waals surface area (Å²) in [6, 6.07) is 7.11. The molecule has 0 spiro atoms. The maximum absolute atomic E-state index is 13.3. The molecule has 1 heterocycles. The molecule has 1 N–H and O–H groups in total. The van der Waals surface area contributed by atoms with E-state index in [1.807, 2.05) is 12.1 Å². The highest BCUT2D eigenvalue weighted by molar-refractivity contribution is 5.85. The van der Waals surface area contributed by atoms with Crippen molar-refractivity contribution in [2.75, 3.05) is 13.1 Å². The van der Waals surface area contributed by atoms with Crippen molar-refractivity contribution in [3.8, 4) is 0 Å². The number of piperidine rings is 1. The molecule has 1 aromatic carbocycles. The zero-order valence-electron chi connectivity index (χ0n) is 9.42. The molecule has 1 fully saturated rings. The van der Waals surface area contributed by atoms with Gasteiger partial charge >= 0.3 is 0 Å². The Morgan fingerprint density at radius 1 is 1.31 bits per heavy atom. The second-order valence-corrected chi connectivity index (χ2v) is 4.34. The smallest absolute Gasteiger partial charge is 0.126 e. The molecule has 0 aliphatic carbocycles. The minimum atomic E-state index is -0.0544. The molecule has 1 nitrogen and oxygen atoms in total. The molecule has 1 aromatic rings. The van der Waals surface area contributed by atoms with Gasteiger partial charge in [0.2, 0.25) is 0 Å². The summed E-state index contributed by atoms with van der Waals surface area (Å²) in [5.41, 5.74) is 0.864. The van der Waals surface area contributed by atoms with Crippen LogP contribution in [0.5, 0.6) is 0 Å². The summed E-state index contributed by atoms with van der Waals surface area (Å²) in [6.07, 6.45) is 4.54. The maximum Gasteiger partial charge on any atom is 0.126 e. The first-order valence-corrected chi connectivity index (χ1v) is 5.80. The number of nitrogens with one attached hydrogen (secondary N) is 1. The van der Waals surface area contributed by atoms with E-state index >= 15 is 0 Å². The van der Waals surface area contributed by atoms with Gasteiger partial charge in [-0.2, -0.15) is 0 Å². The van der Waals surface area contributed by atoms with Gasteiger partial charge < -0.3 is 5.32 Å². The second kappa shape index (κ2) is 6.87. The lowest BCUT2D eigenvalue weighted by Crippen LogP contribution is -2.29. The van der Waals surface area contributed by atoms with Crippen LogP contribution in [0, 0.1) is 11.7 Å². The van der Waals surface area contributed by atoms with Crippen LogP contribution in [0.3, 0.4) is 0 Å². The largest absolute Gasteiger partial charge is 0.316 e. The maximum atomic E-state index is 13.3. The lowest BCUT2D eigenvalue weighted by atomic mass is 9.93. The molecule has 0 bridgehead atoms. The molecule has 1 atom stereocenters. The van der Waals surface area contributed by atoms with Crippen molar-refractivity contribution in [1.29, 1.82) is 0 Å². The van der Waals surface area contributed by atoms with Crippen LogP contribution in [0.1, 0.15) is 24.8 Å². The van der Waals surface area contributed by atoms with Crippen LogP contribution in [0.2, 0.25) is 0 Å². The van der Waals surface area contributed by atoms with E-state index < -0.39 is 0 Å². The predicted octanol–water partition coefficient (Wildman–Crippen LogP) is 3.18. The SMILES string of the molecule is Cl.Fc1ccccc1CCC1CCCNC1. The number of rotatable bonds is 3. The van der Waals surface area contributed by atoms with Crippen LogP contribution < -0.4 is 5.32 Å². The van der Waals surface area contributed by atoms with Gasteiger partial charge in [-0.05, 0) is 56.3 Å². The van der Waals surface area contributed by atoms with Crippen molar-refractivity contribution in [1.82, 2.24) is 5.32 Å². The highest BCUT2D eigenvalue weighted by atomic mass is 35.5. The fourth-order valence-corrected chi connectivity index (χ4v) is 2.23. The van der Waals surface area contributed by atoms with E-state index in [0.717, 1.165) is 37.4 Å². The Morgan fingerprint density at radius 2 is 2.12 bits per heavy atom. The molecule has 3 heteroatoms. The molecular weight excluding hydrogens is 225 g/mol. The quantitative estimate of drug-likeness (QED) is 0.860. The lowest BCUT2D eigenvalue weighted by Gasteiger charge is -2.22. The molecule has 1 aliphatic rings. The van der Waals surface area contributed by atoms with Gasteiger partial charge in [0.1, 0.15) is 5.82 Å².